The second-order valence-corrected chi connectivity index (χ2v) is 8.00. The Bertz CT molecular complexity index is 762. The van der Waals surface area contributed by atoms with Crippen molar-refractivity contribution in [2.45, 2.75) is 91.9 Å². The van der Waals surface area contributed by atoms with Gasteiger partial charge in [0.05, 0.1) is 0 Å². The fourth-order valence-electron chi connectivity index (χ4n) is 4.15. The van der Waals surface area contributed by atoms with Gasteiger partial charge in [-0.1, -0.05) is 58.2 Å². The van der Waals surface area contributed by atoms with Crippen molar-refractivity contribution >= 4 is 0 Å². The smallest absolute Gasteiger partial charge is 0.122 e. The Kier molecular flexibility index (Phi) is 8.89. The van der Waals surface area contributed by atoms with E-state index in [1.165, 1.54) is 16.7 Å². The van der Waals surface area contributed by atoms with Crippen LogP contribution in [0.5, 0.6) is 11.5 Å². The minimum atomic E-state index is 0.311. The molecule has 0 heterocycles. The summed E-state index contributed by atoms with van der Waals surface area (Å²) in [6.07, 6.45) is 10.4. The van der Waals surface area contributed by atoms with Crippen LogP contribution in [0, 0.1) is 6.92 Å². The summed E-state index contributed by atoms with van der Waals surface area (Å²) in [4.78, 5) is 0. The molecular weight excluding hydrogens is 344 g/mol. The predicted octanol–water partition coefficient (Wildman–Crippen LogP) is 7.02. The van der Waals surface area contributed by atoms with Gasteiger partial charge in [0.2, 0.25) is 0 Å². The first-order valence-corrected chi connectivity index (χ1v) is 11.2. The lowest BCUT2D eigenvalue weighted by Gasteiger charge is -2.23. The molecule has 0 saturated heterocycles. The van der Waals surface area contributed by atoms with Crippen LogP contribution in [-0.4, -0.2) is 10.2 Å². The molecule has 0 aliphatic rings. The molecule has 0 spiro atoms. The van der Waals surface area contributed by atoms with E-state index in [1.54, 1.807) is 6.07 Å². The number of rotatable bonds is 11. The number of para-hydroxylation sites is 1. The van der Waals surface area contributed by atoms with Crippen molar-refractivity contribution in [3.63, 3.8) is 0 Å². The summed E-state index contributed by atoms with van der Waals surface area (Å²) in [6, 6.07) is 7.50. The fraction of sp³-hybridized carbons (Fsp3) is 0.538. The van der Waals surface area contributed by atoms with Crippen molar-refractivity contribution in [3.8, 4) is 11.5 Å². The maximum absolute atomic E-state index is 11.4. The van der Waals surface area contributed by atoms with E-state index in [0.717, 1.165) is 74.5 Å². The fourth-order valence-corrected chi connectivity index (χ4v) is 4.15. The van der Waals surface area contributed by atoms with Gasteiger partial charge in [-0.3, -0.25) is 0 Å². The van der Waals surface area contributed by atoms with Gasteiger partial charge in [-0.15, -0.1) is 0 Å². The monoisotopic (exact) mass is 382 g/mol. The Morgan fingerprint density at radius 1 is 0.679 bits per heavy atom. The van der Waals surface area contributed by atoms with Gasteiger partial charge in [0, 0.05) is 12.0 Å². The maximum atomic E-state index is 11.4. The normalized spacial score (nSPS) is 11.1. The van der Waals surface area contributed by atoms with Gasteiger partial charge < -0.3 is 10.2 Å². The van der Waals surface area contributed by atoms with Gasteiger partial charge in [-0.25, -0.2) is 0 Å². The van der Waals surface area contributed by atoms with E-state index >= 15 is 0 Å². The van der Waals surface area contributed by atoms with Gasteiger partial charge in [-0.05, 0) is 79.3 Å². The molecule has 0 radical (unpaired) electrons. The number of unbranched alkanes of at least 4 members (excludes halogenated alkanes) is 3. The van der Waals surface area contributed by atoms with Crippen LogP contribution in [0.4, 0.5) is 0 Å². The van der Waals surface area contributed by atoms with E-state index in [2.05, 4.69) is 27.7 Å². The highest BCUT2D eigenvalue weighted by Crippen LogP contribution is 2.38. The zero-order valence-electron chi connectivity index (χ0n) is 18.3. The molecule has 0 aliphatic heterocycles. The SMILES string of the molecule is CCCCc1c(C)c(CCCC)c(Cc2ccccc2O)c(O)c1CCCC. The topological polar surface area (TPSA) is 40.5 Å². The third-order valence-corrected chi connectivity index (χ3v) is 5.91. The summed E-state index contributed by atoms with van der Waals surface area (Å²) in [6.45, 7) is 8.89. The summed E-state index contributed by atoms with van der Waals surface area (Å²) in [5, 5.41) is 21.7. The molecular formula is C26H38O2. The van der Waals surface area contributed by atoms with Gasteiger partial charge in [-0.2, -0.15) is 0 Å². The lowest BCUT2D eigenvalue weighted by molar-refractivity contribution is 0.454. The van der Waals surface area contributed by atoms with Gasteiger partial charge >= 0.3 is 0 Å². The van der Waals surface area contributed by atoms with E-state index in [9.17, 15) is 10.2 Å². The van der Waals surface area contributed by atoms with E-state index in [-0.39, 0.29) is 0 Å². The number of hydrogen-bond donors (Lipinski definition) is 2. The molecule has 0 bridgehead atoms. The zero-order valence-corrected chi connectivity index (χ0v) is 18.3. The second-order valence-electron chi connectivity index (χ2n) is 8.00. The lowest BCUT2D eigenvalue weighted by atomic mass is 9.83. The number of hydrogen-bond acceptors (Lipinski definition) is 2. The molecule has 2 aromatic carbocycles. The minimum absolute atomic E-state index is 0.311. The van der Waals surface area contributed by atoms with Gasteiger partial charge in [0.25, 0.3) is 0 Å². The first-order chi connectivity index (χ1) is 13.5. The molecule has 2 nitrogen and oxygen atoms in total. The van der Waals surface area contributed by atoms with Crippen LogP contribution in [0.15, 0.2) is 24.3 Å². The van der Waals surface area contributed by atoms with Crippen molar-refractivity contribution in [3.05, 3.63) is 57.6 Å². The molecule has 0 saturated carbocycles. The quantitative estimate of drug-likeness (QED) is 0.438. The standard InChI is InChI=1S/C26H38O2/c1-5-8-14-21-19(4)22(15-9-6-2)24(26(28)23(21)16-10-7-3)18-20-13-11-12-17-25(20)27/h11-13,17,27-28H,5-10,14-16,18H2,1-4H3. The van der Waals surface area contributed by atoms with Crippen LogP contribution in [0.1, 0.15) is 92.7 Å². The van der Waals surface area contributed by atoms with E-state index < -0.39 is 0 Å². The van der Waals surface area contributed by atoms with Gasteiger partial charge in [0.1, 0.15) is 11.5 Å². The molecule has 2 N–H and O–H groups in total. The largest absolute Gasteiger partial charge is 0.508 e. The van der Waals surface area contributed by atoms with Crippen molar-refractivity contribution in [1.82, 2.24) is 0 Å². The van der Waals surface area contributed by atoms with Crippen LogP contribution in [0.25, 0.3) is 0 Å². The highest BCUT2D eigenvalue weighted by atomic mass is 16.3. The third kappa shape index (κ3) is 5.31. The summed E-state index contributed by atoms with van der Waals surface area (Å²) in [5.74, 6) is 0.797. The van der Waals surface area contributed by atoms with Crippen LogP contribution in [0.2, 0.25) is 0 Å². The summed E-state index contributed by atoms with van der Waals surface area (Å²) in [5.41, 5.74) is 7.11. The average molecular weight is 383 g/mol. The molecule has 0 fully saturated rings. The van der Waals surface area contributed by atoms with Crippen LogP contribution in [-0.2, 0) is 25.7 Å². The van der Waals surface area contributed by atoms with E-state index in [0.29, 0.717) is 17.9 Å². The molecule has 0 unspecified atom stereocenters. The van der Waals surface area contributed by atoms with E-state index in [4.69, 9.17) is 0 Å². The van der Waals surface area contributed by atoms with Crippen molar-refractivity contribution < 1.29 is 10.2 Å². The zero-order chi connectivity index (χ0) is 20.5. The van der Waals surface area contributed by atoms with Crippen molar-refractivity contribution in [2.24, 2.45) is 0 Å². The molecule has 0 atom stereocenters. The molecule has 2 aromatic rings. The van der Waals surface area contributed by atoms with Crippen LogP contribution in [0.3, 0.4) is 0 Å². The number of aromatic hydroxyl groups is 2. The Balaban J connectivity index is 2.61. The first-order valence-electron chi connectivity index (χ1n) is 11.2. The summed E-state index contributed by atoms with van der Waals surface area (Å²) < 4.78 is 0. The molecule has 154 valence electrons. The number of benzene rings is 2. The van der Waals surface area contributed by atoms with Gasteiger partial charge in [0.15, 0.2) is 0 Å². The summed E-state index contributed by atoms with van der Waals surface area (Å²) in [7, 11) is 0. The van der Waals surface area contributed by atoms with Crippen LogP contribution < -0.4 is 0 Å². The first kappa shape index (κ1) is 22.3. The van der Waals surface area contributed by atoms with Crippen molar-refractivity contribution in [2.75, 3.05) is 0 Å². The molecule has 2 rings (SSSR count). The van der Waals surface area contributed by atoms with E-state index in [1.807, 2.05) is 18.2 Å². The molecule has 28 heavy (non-hydrogen) atoms. The van der Waals surface area contributed by atoms with Crippen LogP contribution >= 0.6 is 0 Å². The highest BCUT2D eigenvalue weighted by molar-refractivity contribution is 5.57. The molecule has 0 amide bonds. The molecule has 0 aliphatic carbocycles. The molecule has 0 aromatic heterocycles. The number of phenols is 2. The Morgan fingerprint density at radius 2 is 1.18 bits per heavy atom. The molecule has 2 heteroatoms. The lowest BCUT2D eigenvalue weighted by Crippen LogP contribution is -2.09. The summed E-state index contributed by atoms with van der Waals surface area (Å²) >= 11 is 0. The predicted molar refractivity (Wildman–Crippen MR) is 120 cm³/mol. The number of phenolic OH excluding ortho intramolecular Hbond substituents is 2. The minimum Gasteiger partial charge on any atom is -0.508 e. The Labute approximate surface area is 171 Å². The third-order valence-electron chi connectivity index (χ3n) is 5.91. The van der Waals surface area contributed by atoms with Crippen molar-refractivity contribution in [1.29, 1.82) is 0 Å². The Morgan fingerprint density at radius 3 is 1.71 bits per heavy atom. The average Bonchev–Trinajstić information content (AvgIpc) is 2.69. The maximum Gasteiger partial charge on any atom is 0.122 e. The highest BCUT2D eigenvalue weighted by Gasteiger charge is 2.21. The second kappa shape index (κ2) is 11.1. The Hall–Kier alpha value is -1.96.